The predicted molar refractivity (Wildman–Crippen MR) is 62.3 cm³/mol. The maximum Gasteiger partial charge on any atom is 0.150 e. The molecule has 0 atom stereocenters. The summed E-state index contributed by atoms with van der Waals surface area (Å²) in [5.41, 5.74) is 0.167. The molecule has 2 aromatic carbocycles. The fraction of sp³-hybridized carbons (Fsp3) is 0. The molecule has 2 aromatic rings. The van der Waals surface area contributed by atoms with Crippen molar-refractivity contribution in [1.82, 2.24) is 0 Å². The third-order valence-corrected chi connectivity index (χ3v) is 3.17. The number of carbonyl (C=O) groups is 1. The molecule has 1 nitrogen and oxygen atoms in total. The highest BCUT2D eigenvalue weighted by molar-refractivity contribution is 7.99. The summed E-state index contributed by atoms with van der Waals surface area (Å²) in [6.45, 7) is 0. The van der Waals surface area contributed by atoms with Crippen LogP contribution in [0.2, 0.25) is 0 Å². The first-order chi connectivity index (χ1) is 8.58. The molecular weight excluding hydrogens is 261 g/mol. The zero-order chi connectivity index (χ0) is 13.1. The zero-order valence-electron chi connectivity index (χ0n) is 8.99. The summed E-state index contributed by atoms with van der Waals surface area (Å²) in [5.74, 6) is -1.98. The van der Waals surface area contributed by atoms with Crippen LogP contribution in [0.25, 0.3) is 0 Å². The Hall–Kier alpha value is -1.75. The van der Waals surface area contributed by atoms with E-state index in [1.54, 1.807) is 0 Å². The van der Waals surface area contributed by atoms with Crippen molar-refractivity contribution in [2.75, 3.05) is 0 Å². The number of hydrogen-bond donors (Lipinski definition) is 0. The van der Waals surface area contributed by atoms with Crippen LogP contribution in [-0.4, -0.2) is 6.29 Å². The molecule has 0 aliphatic carbocycles. The van der Waals surface area contributed by atoms with Gasteiger partial charge in [0.25, 0.3) is 0 Å². The Morgan fingerprint density at radius 3 is 2.39 bits per heavy atom. The van der Waals surface area contributed by atoms with Crippen molar-refractivity contribution in [2.45, 2.75) is 9.79 Å². The van der Waals surface area contributed by atoms with Crippen LogP contribution < -0.4 is 0 Å². The lowest BCUT2D eigenvalue weighted by atomic mass is 10.2. The summed E-state index contributed by atoms with van der Waals surface area (Å²) in [4.78, 5) is 11.1. The van der Waals surface area contributed by atoms with E-state index in [-0.39, 0.29) is 10.5 Å². The molecule has 0 saturated carbocycles. The van der Waals surface area contributed by atoms with Gasteiger partial charge in [0.2, 0.25) is 0 Å². The van der Waals surface area contributed by atoms with E-state index in [4.69, 9.17) is 0 Å². The van der Waals surface area contributed by atoms with Crippen LogP contribution in [0.15, 0.2) is 46.2 Å². The van der Waals surface area contributed by atoms with Gasteiger partial charge < -0.3 is 0 Å². The van der Waals surface area contributed by atoms with Gasteiger partial charge in [-0.15, -0.1) is 0 Å². The molecule has 0 aromatic heterocycles. The predicted octanol–water partition coefficient (Wildman–Crippen LogP) is 4.07. The van der Waals surface area contributed by atoms with Gasteiger partial charge in [0.15, 0.2) is 0 Å². The van der Waals surface area contributed by atoms with E-state index in [1.807, 2.05) is 0 Å². The summed E-state index contributed by atoms with van der Waals surface area (Å²) >= 11 is 0.926. The van der Waals surface area contributed by atoms with Crippen molar-refractivity contribution in [3.05, 3.63) is 59.4 Å². The Morgan fingerprint density at radius 2 is 1.72 bits per heavy atom. The minimum Gasteiger partial charge on any atom is -0.298 e. The minimum atomic E-state index is -0.725. The summed E-state index contributed by atoms with van der Waals surface area (Å²) in [6, 6.07) is 6.83. The molecule has 0 aliphatic heterocycles. The molecule has 0 amide bonds. The monoisotopic (exact) mass is 268 g/mol. The largest absolute Gasteiger partial charge is 0.298 e. The second-order valence-corrected chi connectivity index (χ2v) is 4.63. The van der Waals surface area contributed by atoms with Gasteiger partial charge in [0.1, 0.15) is 23.7 Å². The van der Waals surface area contributed by atoms with E-state index in [1.165, 1.54) is 18.2 Å². The average Bonchev–Trinajstić information content (AvgIpc) is 2.32. The Bertz CT molecular complexity index is 599. The van der Waals surface area contributed by atoms with E-state index >= 15 is 0 Å². The molecule has 0 heterocycles. The molecule has 5 heteroatoms. The molecule has 0 unspecified atom stereocenters. The van der Waals surface area contributed by atoms with E-state index in [0.717, 1.165) is 30.0 Å². The third kappa shape index (κ3) is 2.92. The van der Waals surface area contributed by atoms with E-state index < -0.39 is 17.5 Å². The van der Waals surface area contributed by atoms with Gasteiger partial charge in [-0.05, 0) is 30.3 Å². The molecule has 0 radical (unpaired) electrons. The van der Waals surface area contributed by atoms with Crippen LogP contribution in [-0.2, 0) is 0 Å². The molecular formula is C13H7F3OS. The number of hydrogen-bond acceptors (Lipinski definition) is 2. The highest BCUT2D eigenvalue weighted by Crippen LogP contribution is 2.31. The first-order valence-electron chi connectivity index (χ1n) is 4.97. The minimum absolute atomic E-state index is 0.166. The summed E-state index contributed by atoms with van der Waals surface area (Å²) in [5, 5.41) is 0. The lowest BCUT2D eigenvalue weighted by molar-refractivity contribution is 0.112. The number of carbonyl (C=O) groups excluding carboxylic acids is 1. The first-order valence-corrected chi connectivity index (χ1v) is 5.79. The lowest BCUT2D eigenvalue weighted by Crippen LogP contribution is -1.87. The molecule has 0 aliphatic rings. The van der Waals surface area contributed by atoms with Crippen molar-refractivity contribution in [1.29, 1.82) is 0 Å². The summed E-state index contributed by atoms with van der Waals surface area (Å²) in [7, 11) is 0. The van der Waals surface area contributed by atoms with Crippen molar-refractivity contribution >= 4 is 18.0 Å². The van der Waals surface area contributed by atoms with Gasteiger partial charge in [0, 0.05) is 21.4 Å². The second-order valence-electron chi connectivity index (χ2n) is 3.51. The smallest absolute Gasteiger partial charge is 0.150 e. The van der Waals surface area contributed by atoms with Gasteiger partial charge in [-0.25, -0.2) is 13.2 Å². The van der Waals surface area contributed by atoms with Crippen LogP contribution in [0.5, 0.6) is 0 Å². The molecule has 0 spiro atoms. The summed E-state index contributed by atoms with van der Waals surface area (Å²) in [6.07, 6.45) is 0.508. The second kappa shape index (κ2) is 5.27. The number of aldehydes is 1. The Morgan fingerprint density at radius 1 is 0.944 bits per heavy atom. The molecule has 2 rings (SSSR count). The third-order valence-electron chi connectivity index (χ3n) is 2.15. The zero-order valence-corrected chi connectivity index (χ0v) is 9.81. The topological polar surface area (TPSA) is 17.1 Å². The van der Waals surface area contributed by atoms with Crippen molar-refractivity contribution in [2.24, 2.45) is 0 Å². The maximum atomic E-state index is 13.4. The lowest BCUT2D eigenvalue weighted by Gasteiger charge is -2.04. The first kappa shape index (κ1) is 12.7. The molecule has 0 fully saturated rings. The highest BCUT2D eigenvalue weighted by Gasteiger charge is 2.07. The Kier molecular flexibility index (Phi) is 3.72. The SMILES string of the molecule is O=Cc1cc(F)cc(Sc2ccc(F)cc2F)c1. The molecule has 0 bridgehead atoms. The highest BCUT2D eigenvalue weighted by atomic mass is 32.2. The van der Waals surface area contributed by atoms with Crippen molar-refractivity contribution in [3.8, 4) is 0 Å². The standard InChI is InChI=1S/C13H7F3OS/c14-9-1-2-13(12(16)6-9)18-11-4-8(7-17)3-10(15)5-11/h1-7H. The molecule has 0 N–H and O–H groups in total. The number of benzene rings is 2. The normalized spacial score (nSPS) is 10.4. The van der Waals surface area contributed by atoms with Crippen LogP contribution in [0, 0.1) is 17.5 Å². The fourth-order valence-electron chi connectivity index (χ4n) is 1.40. The van der Waals surface area contributed by atoms with E-state index in [2.05, 4.69) is 0 Å². The van der Waals surface area contributed by atoms with Gasteiger partial charge in [0.05, 0.1) is 0 Å². The van der Waals surface area contributed by atoms with E-state index in [0.29, 0.717) is 11.2 Å². The van der Waals surface area contributed by atoms with Crippen LogP contribution in [0.1, 0.15) is 10.4 Å². The van der Waals surface area contributed by atoms with E-state index in [9.17, 15) is 18.0 Å². The van der Waals surface area contributed by atoms with Gasteiger partial charge in [-0.3, -0.25) is 4.79 Å². The summed E-state index contributed by atoms with van der Waals surface area (Å²) < 4.78 is 39.3. The molecule has 0 saturated heterocycles. The van der Waals surface area contributed by atoms with Gasteiger partial charge in [-0.2, -0.15) is 0 Å². The Labute approximate surface area is 106 Å². The maximum absolute atomic E-state index is 13.4. The fourth-order valence-corrected chi connectivity index (χ4v) is 2.31. The van der Waals surface area contributed by atoms with Crippen molar-refractivity contribution < 1.29 is 18.0 Å². The number of halogens is 3. The van der Waals surface area contributed by atoms with Gasteiger partial charge in [-0.1, -0.05) is 11.8 Å². The van der Waals surface area contributed by atoms with Gasteiger partial charge >= 0.3 is 0 Å². The van der Waals surface area contributed by atoms with Crippen LogP contribution >= 0.6 is 11.8 Å². The average molecular weight is 268 g/mol. The van der Waals surface area contributed by atoms with Crippen molar-refractivity contribution in [3.63, 3.8) is 0 Å². The number of rotatable bonds is 3. The molecule has 92 valence electrons. The molecule has 18 heavy (non-hydrogen) atoms. The Balaban J connectivity index is 2.33. The van der Waals surface area contributed by atoms with Crippen LogP contribution in [0.4, 0.5) is 13.2 Å². The quantitative estimate of drug-likeness (QED) is 0.781. The van der Waals surface area contributed by atoms with Crippen LogP contribution in [0.3, 0.4) is 0 Å².